The molecule has 0 atom stereocenters. The highest BCUT2D eigenvalue weighted by molar-refractivity contribution is 5.44. The van der Waals surface area contributed by atoms with Gasteiger partial charge in [-0.05, 0) is 12.1 Å². The van der Waals surface area contributed by atoms with Gasteiger partial charge < -0.3 is 10.1 Å². The van der Waals surface area contributed by atoms with E-state index in [9.17, 15) is 0 Å². The van der Waals surface area contributed by atoms with E-state index >= 15 is 0 Å². The molecule has 2 aromatic heterocycles. The summed E-state index contributed by atoms with van der Waals surface area (Å²) >= 11 is 0. The molecule has 2 N–H and O–H groups in total. The monoisotopic (exact) mass is 147 g/mol. The summed E-state index contributed by atoms with van der Waals surface area (Å²) in [6, 6.07) is 3.99. The van der Waals surface area contributed by atoms with E-state index in [2.05, 4.69) is 4.98 Å². The van der Waals surface area contributed by atoms with E-state index in [0.29, 0.717) is 6.54 Å². The Hall–Kier alpha value is -1.35. The van der Waals surface area contributed by atoms with Crippen molar-refractivity contribution < 1.29 is 0 Å². The zero-order valence-electron chi connectivity index (χ0n) is 6.07. The molecule has 11 heavy (non-hydrogen) atoms. The minimum atomic E-state index is 0.494. The Morgan fingerprint density at radius 2 is 2.45 bits per heavy atom. The molecule has 2 aromatic rings. The van der Waals surface area contributed by atoms with Crippen molar-refractivity contribution in [2.45, 2.75) is 6.54 Å². The van der Waals surface area contributed by atoms with Gasteiger partial charge in [0.05, 0.1) is 17.4 Å². The zero-order valence-corrected chi connectivity index (χ0v) is 6.07. The second-order valence-electron chi connectivity index (χ2n) is 2.42. The summed E-state index contributed by atoms with van der Waals surface area (Å²) in [7, 11) is 0. The van der Waals surface area contributed by atoms with Gasteiger partial charge in [-0.1, -0.05) is 0 Å². The molecular formula is C8H9N3. The predicted octanol–water partition coefficient (Wildman–Crippen LogP) is 0.793. The van der Waals surface area contributed by atoms with Crippen molar-refractivity contribution in [3.05, 3.63) is 36.4 Å². The lowest BCUT2D eigenvalue weighted by molar-refractivity contribution is 0.953. The minimum absolute atomic E-state index is 0.494. The van der Waals surface area contributed by atoms with E-state index in [1.807, 2.05) is 35.1 Å². The number of rotatable bonds is 1. The third-order valence-corrected chi connectivity index (χ3v) is 1.67. The molecule has 0 aliphatic rings. The summed E-state index contributed by atoms with van der Waals surface area (Å²) in [5, 5.41) is 0. The van der Waals surface area contributed by atoms with Gasteiger partial charge in [-0.2, -0.15) is 0 Å². The van der Waals surface area contributed by atoms with Gasteiger partial charge in [0.1, 0.15) is 0 Å². The molecule has 2 rings (SSSR count). The second-order valence-corrected chi connectivity index (χ2v) is 2.42. The molecule has 0 saturated carbocycles. The number of hydrogen-bond acceptors (Lipinski definition) is 2. The first-order chi connectivity index (χ1) is 5.40. The van der Waals surface area contributed by atoms with Crippen LogP contribution in [0.1, 0.15) is 5.69 Å². The fourth-order valence-electron chi connectivity index (χ4n) is 1.08. The van der Waals surface area contributed by atoms with Crippen molar-refractivity contribution in [3.8, 4) is 0 Å². The van der Waals surface area contributed by atoms with Gasteiger partial charge in [-0.25, -0.2) is 0 Å². The molecule has 0 spiro atoms. The van der Waals surface area contributed by atoms with Crippen LogP contribution in [0.15, 0.2) is 30.7 Å². The smallest absolute Gasteiger partial charge is 0.0705 e. The zero-order chi connectivity index (χ0) is 7.68. The molecule has 0 amide bonds. The van der Waals surface area contributed by atoms with Crippen molar-refractivity contribution in [2.24, 2.45) is 5.73 Å². The Labute approximate surface area is 64.5 Å². The average molecular weight is 147 g/mol. The fraction of sp³-hybridized carbons (Fsp3) is 0.125. The highest BCUT2D eigenvalue weighted by Crippen LogP contribution is 2.02. The molecule has 0 aliphatic carbocycles. The van der Waals surface area contributed by atoms with Crippen LogP contribution in [0, 0.1) is 0 Å². The molecule has 0 unspecified atom stereocenters. The van der Waals surface area contributed by atoms with Crippen molar-refractivity contribution in [1.82, 2.24) is 9.38 Å². The van der Waals surface area contributed by atoms with Crippen molar-refractivity contribution in [2.75, 3.05) is 0 Å². The van der Waals surface area contributed by atoms with Crippen LogP contribution in [0.4, 0.5) is 0 Å². The topological polar surface area (TPSA) is 43.3 Å². The maximum absolute atomic E-state index is 5.43. The fourth-order valence-corrected chi connectivity index (χ4v) is 1.08. The standard InChI is InChI=1S/C8H9N3/c9-4-7-6-11-3-1-2-8(11)5-10-7/h1-3,5-6H,4,9H2. The molecule has 0 radical (unpaired) electrons. The van der Waals surface area contributed by atoms with Gasteiger partial charge in [0.15, 0.2) is 0 Å². The van der Waals surface area contributed by atoms with Gasteiger partial charge in [0.25, 0.3) is 0 Å². The van der Waals surface area contributed by atoms with E-state index in [0.717, 1.165) is 11.2 Å². The number of fused-ring (bicyclic) bond motifs is 1. The molecular weight excluding hydrogens is 138 g/mol. The maximum Gasteiger partial charge on any atom is 0.0705 e. The lowest BCUT2D eigenvalue weighted by Gasteiger charge is -1.96. The van der Waals surface area contributed by atoms with Gasteiger partial charge in [-0.3, -0.25) is 4.98 Å². The van der Waals surface area contributed by atoms with Crippen LogP contribution in [0.5, 0.6) is 0 Å². The highest BCUT2D eigenvalue weighted by atomic mass is 14.9. The van der Waals surface area contributed by atoms with Crippen LogP contribution in [-0.4, -0.2) is 9.38 Å². The van der Waals surface area contributed by atoms with Crippen LogP contribution < -0.4 is 5.73 Å². The highest BCUT2D eigenvalue weighted by Gasteiger charge is 1.93. The first-order valence-corrected chi connectivity index (χ1v) is 3.52. The Kier molecular flexibility index (Phi) is 1.36. The Balaban J connectivity index is 2.67. The minimum Gasteiger partial charge on any atom is -0.325 e. The quantitative estimate of drug-likeness (QED) is 0.648. The predicted molar refractivity (Wildman–Crippen MR) is 43.1 cm³/mol. The molecule has 3 heteroatoms. The summed E-state index contributed by atoms with van der Waals surface area (Å²) in [6.07, 6.45) is 5.74. The molecule has 0 fully saturated rings. The number of hydrogen-bond donors (Lipinski definition) is 1. The van der Waals surface area contributed by atoms with Crippen molar-refractivity contribution >= 4 is 5.52 Å². The summed E-state index contributed by atoms with van der Waals surface area (Å²) in [5.41, 5.74) is 7.44. The molecule has 3 nitrogen and oxygen atoms in total. The Morgan fingerprint density at radius 3 is 3.27 bits per heavy atom. The average Bonchev–Trinajstić information content (AvgIpc) is 2.50. The lowest BCUT2D eigenvalue weighted by Crippen LogP contribution is -2.00. The SMILES string of the molecule is NCc1cn2cccc2cn1. The van der Waals surface area contributed by atoms with Gasteiger partial charge in [0, 0.05) is 18.9 Å². The normalized spacial score (nSPS) is 10.6. The maximum atomic E-state index is 5.43. The third-order valence-electron chi connectivity index (χ3n) is 1.67. The van der Waals surface area contributed by atoms with E-state index in [4.69, 9.17) is 5.73 Å². The van der Waals surface area contributed by atoms with Crippen molar-refractivity contribution in [3.63, 3.8) is 0 Å². The largest absolute Gasteiger partial charge is 0.325 e. The van der Waals surface area contributed by atoms with Crippen LogP contribution in [0.25, 0.3) is 5.52 Å². The lowest BCUT2D eigenvalue weighted by atomic mass is 10.4. The van der Waals surface area contributed by atoms with E-state index in [-0.39, 0.29) is 0 Å². The van der Waals surface area contributed by atoms with Crippen molar-refractivity contribution in [1.29, 1.82) is 0 Å². The molecule has 0 saturated heterocycles. The number of aromatic nitrogens is 2. The molecule has 0 bridgehead atoms. The summed E-state index contributed by atoms with van der Waals surface area (Å²) in [4.78, 5) is 4.15. The summed E-state index contributed by atoms with van der Waals surface area (Å²) < 4.78 is 2.01. The number of nitrogens with two attached hydrogens (primary N) is 1. The summed E-state index contributed by atoms with van der Waals surface area (Å²) in [5.74, 6) is 0. The second kappa shape index (κ2) is 2.36. The molecule has 2 heterocycles. The van der Waals surface area contributed by atoms with E-state index < -0.39 is 0 Å². The Bertz CT molecular complexity index is 364. The van der Waals surface area contributed by atoms with Gasteiger partial charge in [0.2, 0.25) is 0 Å². The third kappa shape index (κ3) is 0.991. The van der Waals surface area contributed by atoms with Crippen LogP contribution in [-0.2, 0) is 6.54 Å². The van der Waals surface area contributed by atoms with Crippen LogP contribution in [0.2, 0.25) is 0 Å². The molecule has 56 valence electrons. The van der Waals surface area contributed by atoms with E-state index in [1.165, 1.54) is 0 Å². The van der Waals surface area contributed by atoms with E-state index in [1.54, 1.807) is 0 Å². The summed E-state index contributed by atoms with van der Waals surface area (Å²) in [6.45, 7) is 0.494. The molecule has 0 aromatic carbocycles. The van der Waals surface area contributed by atoms with Crippen LogP contribution >= 0.6 is 0 Å². The first kappa shape index (κ1) is 6.37. The van der Waals surface area contributed by atoms with Gasteiger partial charge in [-0.15, -0.1) is 0 Å². The molecule has 0 aliphatic heterocycles. The van der Waals surface area contributed by atoms with Gasteiger partial charge >= 0.3 is 0 Å². The first-order valence-electron chi connectivity index (χ1n) is 3.52. The Morgan fingerprint density at radius 1 is 1.55 bits per heavy atom. The van der Waals surface area contributed by atoms with Crippen LogP contribution in [0.3, 0.4) is 0 Å². The number of nitrogens with zero attached hydrogens (tertiary/aromatic N) is 2.